The molecule has 0 bridgehead atoms. The maximum atomic E-state index is 11.8. The normalized spacial score (nSPS) is 12.8. The van der Waals surface area contributed by atoms with Crippen LogP contribution in [0.4, 0.5) is 5.69 Å². The molecule has 0 saturated carbocycles. The second-order valence-corrected chi connectivity index (χ2v) is 3.66. The van der Waals surface area contributed by atoms with Gasteiger partial charge in [-0.3, -0.25) is 4.79 Å². The molecule has 0 radical (unpaired) electrons. The van der Waals surface area contributed by atoms with Crippen molar-refractivity contribution in [3.8, 4) is 0 Å². The molecule has 0 heterocycles. The van der Waals surface area contributed by atoms with Crippen molar-refractivity contribution in [2.45, 2.75) is 0 Å². The molecule has 0 saturated heterocycles. The first-order valence-corrected chi connectivity index (χ1v) is 5.36. The van der Waals surface area contributed by atoms with E-state index in [0.717, 1.165) is 6.21 Å². The van der Waals surface area contributed by atoms with Crippen LogP contribution in [0, 0.1) is 5.92 Å². The number of rotatable bonds is 5. The van der Waals surface area contributed by atoms with Crippen molar-refractivity contribution in [3.05, 3.63) is 29.3 Å². The first kappa shape index (κ1) is 14.0. The van der Waals surface area contributed by atoms with Crippen molar-refractivity contribution in [2.75, 3.05) is 12.4 Å². The molecule has 96 valence electrons. The predicted octanol–water partition coefficient (Wildman–Crippen LogP) is 1.99. The number of hydrogen-bond acceptors (Lipinski definition) is 5. The van der Waals surface area contributed by atoms with Gasteiger partial charge in [-0.05, 0) is 24.3 Å². The number of benzene rings is 1. The minimum atomic E-state index is -0.828. The van der Waals surface area contributed by atoms with E-state index in [2.05, 4.69) is 20.5 Å². The Morgan fingerprint density at radius 2 is 2.11 bits per heavy atom. The average molecular weight is 270 g/mol. The van der Waals surface area contributed by atoms with Gasteiger partial charge in [-0.2, -0.15) is 0 Å². The fraction of sp³-hybridized carbons (Fsp3) is 0.182. The molecule has 6 nitrogen and oxygen atoms in total. The second-order valence-electron chi connectivity index (χ2n) is 3.22. The Labute approximate surface area is 109 Å². The molecular formula is C11H12ClN3O3. The molecule has 0 aliphatic carbocycles. The molecule has 1 atom stereocenters. The molecule has 1 rings (SSSR count). The van der Waals surface area contributed by atoms with Gasteiger partial charge in [0.15, 0.2) is 0 Å². The number of nitrogens with zero attached hydrogens (tertiary/aromatic N) is 2. The number of carbonyl (C=O) groups excluding carboxylic acids is 1. The summed E-state index contributed by atoms with van der Waals surface area (Å²) in [4.78, 5) is 16.3. The van der Waals surface area contributed by atoms with Crippen molar-refractivity contribution in [1.82, 2.24) is 0 Å². The summed E-state index contributed by atoms with van der Waals surface area (Å²) in [5.74, 6) is -1.23. The third kappa shape index (κ3) is 4.42. The molecule has 18 heavy (non-hydrogen) atoms. The zero-order valence-electron chi connectivity index (χ0n) is 9.58. The van der Waals surface area contributed by atoms with Gasteiger partial charge in [-0.1, -0.05) is 16.8 Å². The minimum Gasteiger partial charge on any atom is -0.411 e. The molecule has 2 N–H and O–H groups in total. The summed E-state index contributed by atoms with van der Waals surface area (Å²) in [5.41, 5.74) is 0.576. The number of carbonyl (C=O) groups is 1. The largest absolute Gasteiger partial charge is 0.411 e. The fourth-order valence-corrected chi connectivity index (χ4v) is 1.26. The summed E-state index contributed by atoms with van der Waals surface area (Å²) >= 11 is 5.72. The lowest BCUT2D eigenvalue weighted by Crippen LogP contribution is -2.25. The van der Waals surface area contributed by atoms with Crippen molar-refractivity contribution in [1.29, 1.82) is 0 Å². The Kier molecular flexibility index (Phi) is 5.66. The summed E-state index contributed by atoms with van der Waals surface area (Å²) < 4.78 is 0. The van der Waals surface area contributed by atoms with Crippen molar-refractivity contribution in [2.24, 2.45) is 16.2 Å². The van der Waals surface area contributed by atoms with Gasteiger partial charge >= 0.3 is 0 Å². The maximum absolute atomic E-state index is 11.8. The maximum Gasteiger partial charge on any atom is 0.238 e. The van der Waals surface area contributed by atoms with Gasteiger partial charge in [-0.15, -0.1) is 5.16 Å². The van der Waals surface area contributed by atoms with E-state index < -0.39 is 11.8 Å². The highest BCUT2D eigenvalue weighted by atomic mass is 35.5. The van der Waals surface area contributed by atoms with E-state index >= 15 is 0 Å². The molecular weight excluding hydrogens is 258 g/mol. The number of anilines is 1. The van der Waals surface area contributed by atoms with E-state index in [9.17, 15) is 4.79 Å². The third-order valence-corrected chi connectivity index (χ3v) is 2.22. The van der Waals surface area contributed by atoms with Gasteiger partial charge < -0.3 is 15.4 Å². The average Bonchev–Trinajstić information content (AvgIpc) is 2.37. The van der Waals surface area contributed by atoms with E-state index in [0.29, 0.717) is 10.7 Å². The monoisotopic (exact) mass is 269 g/mol. The van der Waals surface area contributed by atoms with E-state index in [1.807, 2.05) is 0 Å². The molecule has 0 unspecified atom stereocenters. The minimum absolute atomic E-state index is 0.407. The van der Waals surface area contributed by atoms with Crippen LogP contribution in [0.3, 0.4) is 0 Å². The standard InChI is InChI=1S/C11H12ClN3O3/c1-18-14-7-8(6-13-17)11(16)15-10-4-2-9(12)3-5-10/h2-8,17H,1H3,(H,15,16)/b13-6-,14-7-/t8-/m1/s1. The van der Waals surface area contributed by atoms with Crippen LogP contribution < -0.4 is 5.32 Å². The van der Waals surface area contributed by atoms with Gasteiger partial charge in [0.1, 0.15) is 13.0 Å². The molecule has 0 spiro atoms. The second kappa shape index (κ2) is 7.29. The van der Waals surface area contributed by atoms with Gasteiger partial charge in [0.05, 0.1) is 12.4 Å². The fourth-order valence-electron chi connectivity index (χ4n) is 1.13. The zero-order chi connectivity index (χ0) is 13.4. The van der Waals surface area contributed by atoms with Crippen LogP contribution in [0.15, 0.2) is 34.6 Å². The summed E-state index contributed by atoms with van der Waals surface area (Å²) in [6, 6.07) is 6.60. The number of halogens is 1. The number of oxime groups is 2. The van der Waals surface area contributed by atoms with Crippen LogP contribution >= 0.6 is 11.6 Å². The molecule has 7 heteroatoms. The summed E-state index contributed by atoms with van der Waals surface area (Å²) in [6.45, 7) is 0. The lowest BCUT2D eigenvalue weighted by atomic mass is 10.1. The molecule has 1 amide bonds. The van der Waals surface area contributed by atoms with Crippen molar-refractivity contribution in [3.63, 3.8) is 0 Å². The van der Waals surface area contributed by atoms with E-state index in [-0.39, 0.29) is 0 Å². The van der Waals surface area contributed by atoms with E-state index in [1.54, 1.807) is 24.3 Å². The Hall–Kier alpha value is -2.08. The van der Waals surface area contributed by atoms with Crippen LogP contribution in [0.5, 0.6) is 0 Å². The third-order valence-electron chi connectivity index (χ3n) is 1.97. The number of nitrogens with one attached hydrogen (secondary N) is 1. The summed E-state index contributed by atoms with van der Waals surface area (Å²) in [6.07, 6.45) is 2.25. The quantitative estimate of drug-likeness (QED) is 0.487. The molecule has 0 aliphatic heterocycles. The smallest absolute Gasteiger partial charge is 0.238 e. The number of hydrogen-bond donors (Lipinski definition) is 2. The molecule has 0 aliphatic rings. The van der Waals surface area contributed by atoms with Crippen LogP contribution in [0.1, 0.15) is 0 Å². The van der Waals surface area contributed by atoms with Crippen LogP contribution in [-0.4, -0.2) is 30.7 Å². The van der Waals surface area contributed by atoms with Crippen LogP contribution in [-0.2, 0) is 9.63 Å². The van der Waals surface area contributed by atoms with Gasteiger partial charge in [0, 0.05) is 10.7 Å². The van der Waals surface area contributed by atoms with Gasteiger partial charge in [-0.25, -0.2) is 0 Å². The Bertz CT molecular complexity index is 445. The molecule has 0 aromatic heterocycles. The van der Waals surface area contributed by atoms with Gasteiger partial charge in [0.2, 0.25) is 5.91 Å². The SMILES string of the molecule is CO/N=C\[C@@H](/C=N\O)C(=O)Nc1ccc(Cl)cc1. The zero-order valence-corrected chi connectivity index (χ0v) is 10.3. The lowest BCUT2D eigenvalue weighted by Gasteiger charge is -2.07. The summed E-state index contributed by atoms with van der Waals surface area (Å²) in [7, 11) is 1.35. The predicted molar refractivity (Wildman–Crippen MR) is 69.4 cm³/mol. The van der Waals surface area contributed by atoms with E-state index in [4.69, 9.17) is 16.8 Å². The first-order chi connectivity index (χ1) is 8.67. The van der Waals surface area contributed by atoms with Crippen molar-refractivity contribution >= 4 is 35.6 Å². The number of amides is 1. The Morgan fingerprint density at radius 1 is 1.44 bits per heavy atom. The lowest BCUT2D eigenvalue weighted by molar-refractivity contribution is -0.116. The first-order valence-electron chi connectivity index (χ1n) is 4.98. The van der Waals surface area contributed by atoms with Gasteiger partial charge in [0.25, 0.3) is 0 Å². The molecule has 1 aromatic rings. The van der Waals surface area contributed by atoms with E-state index in [1.165, 1.54) is 13.3 Å². The van der Waals surface area contributed by atoms with Crippen LogP contribution in [0.2, 0.25) is 5.02 Å². The topological polar surface area (TPSA) is 83.3 Å². The highest BCUT2D eigenvalue weighted by Crippen LogP contribution is 2.13. The highest BCUT2D eigenvalue weighted by Gasteiger charge is 2.14. The Morgan fingerprint density at radius 3 is 2.67 bits per heavy atom. The Balaban J connectivity index is 2.72. The van der Waals surface area contributed by atoms with Crippen molar-refractivity contribution < 1.29 is 14.8 Å². The van der Waals surface area contributed by atoms with Crippen LogP contribution in [0.25, 0.3) is 0 Å². The summed E-state index contributed by atoms with van der Waals surface area (Å²) in [5, 5.41) is 17.9. The molecule has 0 fully saturated rings. The molecule has 1 aromatic carbocycles. The highest BCUT2D eigenvalue weighted by molar-refractivity contribution is 6.30.